The summed E-state index contributed by atoms with van der Waals surface area (Å²) >= 11 is 0. The normalized spacial score (nSPS) is 18.8. The summed E-state index contributed by atoms with van der Waals surface area (Å²) in [5.74, 6) is 1.91. The summed E-state index contributed by atoms with van der Waals surface area (Å²) in [6, 6.07) is 27.4. The maximum atomic E-state index is 13.5. The van der Waals surface area contributed by atoms with Crippen LogP contribution in [-0.2, 0) is 0 Å². The number of hydrogen-bond acceptors (Lipinski definition) is 4. The average Bonchev–Trinajstić information content (AvgIpc) is 3.43. The monoisotopic (exact) mass is 394 g/mol. The highest BCUT2D eigenvalue weighted by Gasteiger charge is 2.42. The van der Waals surface area contributed by atoms with E-state index in [1.54, 1.807) is 0 Å². The number of ketones is 1. The van der Waals surface area contributed by atoms with Crippen LogP contribution in [0.3, 0.4) is 0 Å². The molecule has 2 atom stereocenters. The first-order valence-electron chi connectivity index (χ1n) is 9.97. The van der Waals surface area contributed by atoms with Crippen molar-refractivity contribution in [1.29, 1.82) is 0 Å². The second kappa shape index (κ2) is 6.63. The number of carbonyl (C=O) groups is 1. The molecular weight excluding hydrogens is 376 g/mol. The first-order valence-corrected chi connectivity index (χ1v) is 9.97. The lowest BCUT2D eigenvalue weighted by Gasteiger charge is -2.19. The van der Waals surface area contributed by atoms with Gasteiger partial charge in [-0.2, -0.15) is 0 Å². The standard InChI is InChI=1S/C26H18O4/c27-25(17-7-2-1-3-8-17)26-23(18-11-12-20-22(14-18)29-15-28-20)24-19-9-5-4-6-16(19)10-13-21(24)30-26/h1-14,23,26H,15H2/t23-,26+/m0/s1. The van der Waals surface area contributed by atoms with Gasteiger partial charge < -0.3 is 14.2 Å². The molecule has 2 aliphatic heterocycles. The molecule has 4 heteroatoms. The van der Waals surface area contributed by atoms with Gasteiger partial charge in [-0.15, -0.1) is 0 Å². The molecular formula is C26H18O4. The second-order valence-electron chi connectivity index (χ2n) is 7.56. The number of ether oxygens (including phenoxy) is 3. The van der Waals surface area contributed by atoms with E-state index in [1.165, 1.54) is 0 Å². The molecule has 0 amide bonds. The van der Waals surface area contributed by atoms with Crippen LogP contribution < -0.4 is 14.2 Å². The van der Waals surface area contributed by atoms with Crippen LogP contribution in [0.25, 0.3) is 10.8 Å². The molecule has 0 saturated heterocycles. The number of fused-ring (bicyclic) bond motifs is 4. The van der Waals surface area contributed by atoms with E-state index in [1.807, 2.05) is 72.8 Å². The quantitative estimate of drug-likeness (QED) is 0.440. The lowest BCUT2D eigenvalue weighted by atomic mass is 9.83. The molecule has 6 rings (SSSR count). The zero-order valence-electron chi connectivity index (χ0n) is 16.1. The second-order valence-corrected chi connectivity index (χ2v) is 7.56. The molecule has 146 valence electrons. The Morgan fingerprint density at radius 3 is 2.43 bits per heavy atom. The Balaban J connectivity index is 1.55. The van der Waals surface area contributed by atoms with E-state index in [2.05, 4.69) is 12.1 Å². The molecule has 4 nitrogen and oxygen atoms in total. The number of benzene rings is 4. The maximum Gasteiger partial charge on any atom is 0.231 e. The molecule has 4 aromatic carbocycles. The van der Waals surface area contributed by atoms with Crippen molar-refractivity contribution in [3.05, 3.63) is 102 Å². The molecule has 4 aromatic rings. The molecule has 0 radical (unpaired) electrons. The van der Waals surface area contributed by atoms with Gasteiger partial charge in [0.25, 0.3) is 0 Å². The summed E-state index contributed by atoms with van der Waals surface area (Å²) < 4.78 is 17.4. The summed E-state index contributed by atoms with van der Waals surface area (Å²) in [6.45, 7) is 0.214. The van der Waals surface area contributed by atoms with Crippen molar-refractivity contribution >= 4 is 16.6 Å². The molecule has 0 aliphatic carbocycles. The van der Waals surface area contributed by atoms with Gasteiger partial charge in [-0.1, -0.05) is 66.7 Å². The lowest BCUT2D eigenvalue weighted by molar-refractivity contribution is 0.0806. The fourth-order valence-electron chi connectivity index (χ4n) is 4.47. The first-order chi connectivity index (χ1) is 14.8. The number of carbonyl (C=O) groups excluding carboxylic acids is 1. The van der Waals surface area contributed by atoms with Crippen LogP contribution in [-0.4, -0.2) is 18.7 Å². The van der Waals surface area contributed by atoms with E-state index in [0.717, 1.165) is 33.4 Å². The fourth-order valence-corrected chi connectivity index (χ4v) is 4.47. The molecule has 0 bridgehead atoms. The minimum Gasteiger partial charge on any atom is -0.481 e. The van der Waals surface area contributed by atoms with Crippen molar-refractivity contribution in [2.24, 2.45) is 0 Å². The van der Waals surface area contributed by atoms with Crippen LogP contribution in [0.4, 0.5) is 0 Å². The van der Waals surface area contributed by atoms with Crippen LogP contribution in [0.5, 0.6) is 17.2 Å². The van der Waals surface area contributed by atoms with Gasteiger partial charge in [0.2, 0.25) is 12.6 Å². The van der Waals surface area contributed by atoms with E-state index in [-0.39, 0.29) is 18.5 Å². The zero-order chi connectivity index (χ0) is 20.1. The molecule has 0 aromatic heterocycles. The third-order valence-electron chi connectivity index (χ3n) is 5.87. The summed E-state index contributed by atoms with van der Waals surface area (Å²) in [7, 11) is 0. The van der Waals surface area contributed by atoms with Crippen molar-refractivity contribution in [2.75, 3.05) is 6.79 Å². The maximum absolute atomic E-state index is 13.5. The number of Topliss-reactive ketones (excluding diaryl/α,β-unsaturated/α-hetero) is 1. The number of hydrogen-bond donors (Lipinski definition) is 0. The lowest BCUT2D eigenvalue weighted by Crippen LogP contribution is -2.30. The Morgan fingerprint density at radius 1 is 0.767 bits per heavy atom. The minimum absolute atomic E-state index is 0.0291. The van der Waals surface area contributed by atoms with Gasteiger partial charge >= 0.3 is 0 Å². The van der Waals surface area contributed by atoms with Crippen LogP contribution in [0.15, 0.2) is 84.9 Å². The summed E-state index contributed by atoms with van der Waals surface area (Å²) in [4.78, 5) is 13.5. The third-order valence-corrected chi connectivity index (χ3v) is 5.87. The van der Waals surface area contributed by atoms with Crippen LogP contribution >= 0.6 is 0 Å². The van der Waals surface area contributed by atoms with E-state index < -0.39 is 6.10 Å². The Bertz CT molecular complexity index is 1280. The molecule has 2 heterocycles. The average molecular weight is 394 g/mol. The Kier molecular flexibility index (Phi) is 3.78. The molecule has 2 aliphatic rings. The van der Waals surface area contributed by atoms with Gasteiger partial charge in [-0.25, -0.2) is 0 Å². The smallest absolute Gasteiger partial charge is 0.231 e. The predicted octanol–water partition coefficient (Wildman–Crippen LogP) is 5.34. The first kappa shape index (κ1) is 17.1. The summed E-state index contributed by atoms with van der Waals surface area (Å²) in [5.41, 5.74) is 2.66. The van der Waals surface area contributed by atoms with Gasteiger partial charge in [0.05, 0.1) is 5.92 Å². The SMILES string of the molecule is O=C(c1ccccc1)[C@@H]1Oc2ccc3ccccc3c2[C@@H]1c1ccc2c(c1)OCO2. The van der Waals surface area contributed by atoms with Crippen molar-refractivity contribution in [2.45, 2.75) is 12.0 Å². The summed E-state index contributed by atoms with van der Waals surface area (Å²) in [5, 5.41) is 2.22. The molecule has 0 N–H and O–H groups in total. The Hall–Kier alpha value is -3.79. The van der Waals surface area contributed by atoms with Gasteiger partial charge in [-0.05, 0) is 34.5 Å². The largest absolute Gasteiger partial charge is 0.481 e. The van der Waals surface area contributed by atoms with Crippen molar-refractivity contribution < 1.29 is 19.0 Å². The van der Waals surface area contributed by atoms with Crippen LogP contribution in [0, 0.1) is 0 Å². The van der Waals surface area contributed by atoms with Crippen molar-refractivity contribution in [3.63, 3.8) is 0 Å². The molecule has 0 unspecified atom stereocenters. The van der Waals surface area contributed by atoms with Gasteiger partial charge in [0, 0.05) is 11.1 Å². The summed E-state index contributed by atoms with van der Waals surface area (Å²) in [6.07, 6.45) is -0.645. The van der Waals surface area contributed by atoms with E-state index in [4.69, 9.17) is 14.2 Å². The Morgan fingerprint density at radius 2 is 1.53 bits per heavy atom. The molecule has 0 fully saturated rings. The third kappa shape index (κ3) is 2.57. The van der Waals surface area contributed by atoms with E-state index in [0.29, 0.717) is 11.3 Å². The molecule has 0 saturated carbocycles. The van der Waals surface area contributed by atoms with Gasteiger partial charge in [-0.3, -0.25) is 4.79 Å². The van der Waals surface area contributed by atoms with E-state index in [9.17, 15) is 4.79 Å². The Labute approximate surface area is 173 Å². The van der Waals surface area contributed by atoms with Crippen LogP contribution in [0.2, 0.25) is 0 Å². The van der Waals surface area contributed by atoms with Gasteiger partial charge in [0.1, 0.15) is 5.75 Å². The zero-order valence-corrected chi connectivity index (χ0v) is 16.1. The van der Waals surface area contributed by atoms with E-state index >= 15 is 0 Å². The molecule has 30 heavy (non-hydrogen) atoms. The minimum atomic E-state index is -0.645. The van der Waals surface area contributed by atoms with Gasteiger partial charge in [0.15, 0.2) is 17.6 Å². The highest BCUT2D eigenvalue weighted by Crippen LogP contribution is 2.48. The highest BCUT2D eigenvalue weighted by atomic mass is 16.7. The molecule has 0 spiro atoms. The fraction of sp³-hybridized carbons (Fsp3) is 0.115. The predicted molar refractivity (Wildman–Crippen MR) is 114 cm³/mol. The van der Waals surface area contributed by atoms with Crippen LogP contribution in [0.1, 0.15) is 27.4 Å². The van der Waals surface area contributed by atoms with Crippen molar-refractivity contribution in [3.8, 4) is 17.2 Å². The van der Waals surface area contributed by atoms with Crippen molar-refractivity contribution in [1.82, 2.24) is 0 Å². The highest BCUT2D eigenvalue weighted by molar-refractivity contribution is 6.02. The number of rotatable bonds is 3. The topological polar surface area (TPSA) is 44.8 Å².